The van der Waals surface area contributed by atoms with Crippen LogP contribution in [0.25, 0.3) is 22.3 Å². The summed E-state index contributed by atoms with van der Waals surface area (Å²) < 4.78 is 13.9. The molecule has 0 aliphatic carbocycles. The molecule has 0 N–H and O–H groups in total. The van der Waals surface area contributed by atoms with E-state index < -0.39 is 0 Å². The van der Waals surface area contributed by atoms with Crippen molar-refractivity contribution in [1.82, 2.24) is 9.97 Å². The Bertz CT molecular complexity index is 771. The van der Waals surface area contributed by atoms with Crippen LogP contribution in [0, 0.1) is 12.7 Å². The van der Waals surface area contributed by atoms with Crippen LogP contribution < -0.4 is 0 Å². The average molecular weight is 273 g/mol. The first kappa shape index (κ1) is 12.1. The lowest BCUT2D eigenvalue weighted by Gasteiger charge is -2.06. The second kappa shape index (κ2) is 4.59. The summed E-state index contributed by atoms with van der Waals surface area (Å²) in [6.45, 7) is 1.83. The predicted molar refractivity (Wildman–Crippen MR) is 74.7 cm³/mol. The number of benzene rings is 2. The second-order valence-corrected chi connectivity index (χ2v) is 4.70. The summed E-state index contributed by atoms with van der Waals surface area (Å²) in [5.41, 5.74) is 1.92. The van der Waals surface area contributed by atoms with Gasteiger partial charge in [-0.05, 0) is 36.8 Å². The lowest BCUT2D eigenvalue weighted by molar-refractivity contribution is 0.629. The standard InChI is InChI=1S/C15H10ClFN2/c1-9-6-7-10(12(17)8-9)15-18-13-5-3-2-4-11(13)14(16)19-15/h2-8H,1H3. The molecule has 1 heterocycles. The molecule has 0 fully saturated rings. The highest BCUT2D eigenvalue weighted by Gasteiger charge is 2.11. The molecule has 0 aliphatic heterocycles. The van der Waals surface area contributed by atoms with Gasteiger partial charge in [-0.3, -0.25) is 0 Å². The van der Waals surface area contributed by atoms with Crippen molar-refractivity contribution in [2.45, 2.75) is 6.92 Å². The van der Waals surface area contributed by atoms with E-state index in [0.717, 1.165) is 10.9 Å². The molecule has 0 spiro atoms. The van der Waals surface area contributed by atoms with E-state index in [-0.39, 0.29) is 5.82 Å². The summed E-state index contributed by atoms with van der Waals surface area (Å²) >= 11 is 6.12. The van der Waals surface area contributed by atoms with Crippen LogP contribution in [0.5, 0.6) is 0 Å². The van der Waals surface area contributed by atoms with Gasteiger partial charge in [0.15, 0.2) is 5.82 Å². The Balaban J connectivity index is 2.25. The van der Waals surface area contributed by atoms with Gasteiger partial charge in [0.05, 0.1) is 11.1 Å². The molecule has 4 heteroatoms. The first-order chi connectivity index (χ1) is 9.15. The Kier molecular flexibility index (Phi) is 2.91. The summed E-state index contributed by atoms with van der Waals surface area (Å²) in [7, 11) is 0. The van der Waals surface area contributed by atoms with Gasteiger partial charge in [0.25, 0.3) is 0 Å². The quantitative estimate of drug-likeness (QED) is 0.614. The number of halogens is 2. The zero-order chi connectivity index (χ0) is 13.4. The number of aromatic nitrogens is 2. The zero-order valence-electron chi connectivity index (χ0n) is 10.2. The predicted octanol–water partition coefficient (Wildman–Crippen LogP) is 4.40. The minimum absolute atomic E-state index is 0.307. The third-order valence-electron chi connectivity index (χ3n) is 2.92. The summed E-state index contributed by atoms with van der Waals surface area (Å²) in [5, 5.41) is 1.10. The molecule has 0 atom stereocenters. The minimum Gasteiger partial charge on any atom is -0.228 e. The monoisotopic (exact) mass is 272 g/mol. The molecule has 3 rings (SSSR count). The van der Waals surface area contributed by atoms with Gasteiger partial charge in [0.2, 0.25) is 0 Å². The maximum absolute atomic E-state index is 13.9. The van der Waals surface area contributed by atoms with Gasteiger partial charge in [-0.2, -0.15) is 0 Å². The molecule has 0 saturated heterocycles. The van der Waals surface area contributed by atoms with Crippen LogP contribution in [0.3, 0.4) is 0 Å². The molecule has 3 aromatic rings. The number of hydrogen-bond acceptors (Lipinski definition) is 2. The van der Waals surface area contributed by atoms with Crippen molar-refractivity contribution in [3.05, 3.63) is 59.0 Å². The molecule has 2 nitrogen and oxygen atoms in total. The van der Waals surface area contributed by atoms with E-state index in [1.54, 1.807) is 6.07 Å². The van der Waals surface area contributed by atoms with Crippen molar-refractivity contribution in [3.8, 4) is 11.4 Å². The van der Waals surface area contributed by atoms with Crippen molar-refractivity contribution >= 4 is 22.5 Å². The van der Waals surface area contributed by atoms with E-state index in [4.69, 9.17) is 11.6 Å². The Morgan fingerprint density at radius 1 is 1.05 bits per heavy atom. The third-order valence-corrected chi connectivity index (χ3v) is 3.21. The van der Waals surface area contributed by atoms with Crippen LogP contribution in [0.1, 0.15) is 5.56 Å². The average Bonchev–Trinajstić information content (AvgIpc) is 2.38. The number of fused-ring (bicyclic) bond motifs is 1. The molecule has 2 aromatic carbocycles. The van der Waals surface area contributed by atoms with Gasteiger partial charge in [0, 0.05) is 5.39 Å². The summed E-state index contributed by atoms with van der Waals surface area (Å²) in [6.07, 6.45) is 0. The van der Waals surface area contributed by atoms with E-state index in [0.29, 0.717) is 22.1 Å². The lowest BCUT2D eigenvalue weighted by atomic mass is 10.1. The fourth-order valence-corrected chi connectivity index (χ4v) is 2.20. The largest absolute Gasteiger partial charge is 0.228 e. The van der Waals surface area contributed by atoms with Crippen LogP contribution in [-0.4, -0.2) is 9.97 Å². The fourth-order valence-electron chi connectivity index (χ4n) is 1.96. The highest BCUT2D eigenvalue weighted by Crippen LogP contribution is 2.26. The van der Waals surface area contributed by atoms with Gasteiger partial charge >= 0.3 is 0 Å². The summed E-state index contributed by atoms with van der Waals surface area (Å²) in [5.74, 6) is -0.0347. The Morgan fingerprint density at radius 3 is 2.63 bits per heavy atom. The summed E-state index contributed by atoms with van der Waals surface area (Å²) in [6, 6.07) is 12.4. The van der Waals surface area contributed by atoms with Gasteiger partial charge in [0.1, 0.15) is 11.0 Å². The molecule has 0 amide bonds. The van der Waals surface area contributed by atoms with E-state index in [2.05, 4.69) is 9.97 Å². The van der Waals surface area contributed by atoms with Crippen LogP contribution in [0.15, 0.2) is 42.5 Å². The Morgan fingerprint density at radius 2 is 1.84 bits per heavy atom. The molecule has 1 aromatic heterocycles. The van der Waals surface area contributed by atoms with Crippen LogP contribution >= 0.6 is 11.6 Å². The van der Waals surface area contributed by atoms with E-state index >= 15 is 0 Å². The highest BCUT2D eigenvalue weighted by atomic mass is 35.5. The first-order valence-electron chi connectivity index (χ1n) is 5.84. The van der Waals surface area contributed by atoms with E-state index in [9.17, 15) is 4.39 Å². The van der Waals surface area contributed by atoms with Crippen molar-refractivity contribution in [2.75, 3.05) is 0 Å². The third kappa shape index (κ3) is 2.17. The molecule has 0 radical (unpaired) electrons. The molecule has 19 heavy (non-hydrogen) atoms. The summed E-state index contributed by atoms with van der Waals surface area (Å²) in [4.78, 5) is 8.54. The molecular weight excluding hydrogens is 263 g/mol. The molecule has 0 saturated carbocycles. The topological polar surface area (TPSA) is 25.8 Å². The maximum atomic E-state index is 13.9. The van der Waals surface area contributed by atoms with Gasteiger partial charge < -0.3 is 0 Å². The molecule has 0 aliphatic rings. The second-order valence-electron chi connectivity index (χ2n) is 4.34. The SMILES string of the molecule is Cc1ccc(-c2nc(Cl)c3ccccc3n2)c(F)c1. The van der Waals surface area contributed by atoms with Crippen LogP contribution in [0.4, 0.5) is 4.39 Å². The lowest BCUT2D eigenvalue weighted by Crippen LogP contribution is -1.94. The first-order valence-corrected chi connectivity index (χ1v) is 6.22. The van der Waals surface area contributed by atoms with Gasteiger partial charge in [-0.15, -0.1) is 0 Å². The minimum atomic E-state index is -0.341. The van der Waals surface area contributed by atoms with Crippen molar-refractivity contribution in [3.63, 3.8) is 0 Å². The van der Waals surface area contributed by atoms with Crippen LogP contribution in [0.2, 0.25) is 5.15 Å². The number of para-hydroxylation sites is 1. The number of nitrogens with zero attached hydrogens (tertiary/aromatic N) is 2. The number of aryl methyl sites for hydroxylation is 1. The van der Waals surface area contributed by atoms with Crippen molar-refractivity contribution in [1.29, 1.82) is 0 Å². The zero-order valence-corrected chi connectivity index (χ0v) is 10.9. The Labute approximate surface area is 114 Å². The van der Waals surface area contributed by atoms with Crippen molar-refractivity contribution < 1.29 is 4.39 Å². The van der Waals surface area contributed by atoms with E-state index in [1.807, 2.05) is 37.3 Å². The normalized spacial score (nSPS) is 10.9. The molecule has 94 valence electrons. The van der Waals surface area contributed by atoms with Crippen LogP contribution in [-0.2, 0) is 0 Å². The smallest absolute Gasteiger partial charge is 0.164 e. The molecule has 0 bridgehead atoms. The van der Waals surface area contributed by atoms with Gasteiger partial charge in [-0.1, -0.05) is 29.8 Å². The van der Waals surface area contributed by atoms with Crippen molar-refractivity contribution in [2.24, 2.45) is 0 Å². The van der Waals surface area contributed by atoms with Gasteiger partial charge in [-0.25, -0.2) is 14.4 Å². The number of rotatable bonds is 1. The molecule has 0 unspecified atom stereocenters. The van der Waals surface area contributed by atoms with E-state index in [1.165, 1.54) is 6.07 Å². The fraction of sp³-hybridized carbons (Fsp3) is 0.0667. The number of hydrogen-bond donors (Lipinski definition) is 0. The maximum Gasteiger partial charge on any atom is 0.164 e. The highest BCUT2D eigenvalue weighted by molar-refractivity contribution is 6.34. The Hall–Kier alpha value is -2.00. The molecular formula is C15H10ClFN2.